The average molecular weight is 449 g/mol. The minimum Gasteiger partial charge on any atom is -0.490 e. The first-order chi connectivity index (χ1) is 14.4. The van der Waals surface area contributed by atoms with Gasteiger partial charge in [0.05, 0.1) is 36.2 Å². The summed E-state index contributed by atoms with van der Waals surface area (Å²) in [7, 11) is 2.05. The van der Waals surface area contributed by atoms with Crippen LogP contribution in [0.15, 0.2) is 28.4 Å². The largest absolute Gasteiger partial charge is 0.490 e. The Morgan fingerprint density at radius 2 is 2.30 bits per heavy atom. The third kappa shape index (κ3) is 4.46. The molecule has 0 amide bonds. The first kappa shape index (κ1) is 21.1. The molecule has 4 rings (SSSR count). The first-order valence-corrected chi connectivity index (χ1v) is 11.2. The third-order valence-corrected chi connectivity index (χ3v) is 6.20. The number of rotatable bonds is 6. The molecule has 7 nitrogen and oxygen atoms in total. The molecule has 0 saturated carbocycles. The minimum atomic E-state index is -0.112. The Morgan fingerprint density at radius 3 is 3.07 bits per heavy atom. The lowest BCUT2D eigenvalue weighted by Crippen LogP contribution is -2.46. The number of hydrogen-bond acceptors (Lipinski definition) is 7. The number of fused-ring (bicyclic) bond motifs is 1. The van der Waals surface area contributed by atoms with E-state index in [2.05, 4.69) is 41.1 Å². The number of halogens is 1. The topological polar surface area (TPSA) is 79.5 Å². The molecule has 160 valence electrons. The third-order valence-electron chi connectivity index (χ3n) is 5.05. The molecule has 0 aliphatic carbocycles. The van der Waals surface area contributed by atoms with Crippen LogP contribution < -0.4 is 15.5 Å². The number of pyridine rings is 1. The molecule has 1 aliphatic heterocycles. The van der Waals surface area contributed by atoms with Gasteiger partial charge in [0.2, 0.25) is 0 Å². The Bertz CT molecular complexity index is 1100. The van der Waals surface area contributed by atoms with E-state index in [1.807, 2.05) is 5.38 Å². The van der Waals surface area contributed by atoms with Crippen molar-refractivity contribution < 1.29 is 9.47 Å². The van der Waals surface area contributed by atoms with Gasteiger partial charge in [0.25, 0.3) is 0 Å². The summed E-state index contributed by atoms with van der Waals surface area (Å²) in [5.41, 5.74) is 1.76. The summed E-state index contributed by atoms with van der Waals surface area (Å²) in [6.07, 6.45) is 0. The molecule has 3 aromatic rings. The van der Waals surface area contributed by atoms with Crippen molar-refractivity contribution in [2.75, 3.05) is 38.7 Å². The number of likely N-dealkylation sites (N-methyl/N-ethyl adjacent to an activating group) is 1. The lowest BCUT2D eigenvalue weighted by atomic mass is 10.1. The van der Waals surface area contributed by atoms with E-state index in [0.29, 0.717) is 46.3 Å². The molecule has 2 N–H and O–H groups in total. The van der Waals surface area contributed by atoms with Crippen LogP contribution in [0.2, 0.25) is 5.02 Å². The zero-order chi connectivity index (χ0) is 21.3. The van der Waals surface area contributed by atoms with Crippen LogP contribution in [0.3, 0.4) is 0 Å². The summed E-state index contributed by atoms with van der Waals surface area (Å²) in [5.74, 6) is 0.538. The summed E-state index contributed by atoms with van der Waals surface area (Å²) in [6, 6.07) is 5.49. The molecular formula is C21H25ClN4O3S. The number of hydrogen-bond donors (Lipinski definition) is 2. The highest BCUT2D eigenvalue weighted by Crippen LogP contribution is 2.32. The fraction of sp³-hybridized carbons (Fsp3) is 0.429. The van der Waals surface area contributed by atoms with Gasteiger partial charge in [-0.2, -0.15) is 0 Å². The Labute approximate surface area is 184 Å². The molecule has 2 aromatic heterocycles. The van der Waals surface area contributed by atoms with E-state index in [4.69, 9.17) is 21.1 Å². The Morgan fingerprint density at radius 1 is 1.47 bits per heavy atom. The van der Waals surface area contributed by atoms with Gasteiger partial charge >= 0.3 is 0 Å². The molecule has 0 bridgehead atoms. The number of nitrogens with one attached hydrogen (secondary N) is 2. The normalized spacial score (nSPS) is 17.6. The van der Waals surface area contributed by atoms with Crippen molar-refractivity contribution in [3.63, 3.8) is 0 Å². The Kier molecular flexibility index (Phi) is 6.29. The van der Waals surface area contributed by atoms with Gasteiger partial charge in [-0.05, 0) is 33.0 Å². The number of anilines is 1. The van der Waals surface area contributed by atoms with Gasteiger partial charge in [-0.3, -0.25) is 9.69 Å². The van der Waals surface area contributed by atoms with E-state index in [-0.39, 0.29) is 17.5 Å². The monoisotopic (exact) mass is 448 g/mol. The standard InChI is InChI=1S/C21H25ClN4O3S/c1-12(2)23-21-25-16(11-30-21)15-8-17(27)14-4-5-18(19(22)20(14)24-15)29-10-13-9-28-7-6-26(13)3/h4-5,8,11-13H,6-7,9-10H2,1-3H3,(H,23,25)(H,24,27)/t13-/m0/s1. The van der Waals surface area contributed by atoms with E-state index in [0.717, 1.165) is 18.3 Å². The van der Waals surface area contributed by atoms with Crippen LogP contribution in [0.25, 0.3) is 22.3 Å². The van der Waals surface area contributed by atoms with Gasteiger partial charge in [-0.25, -0.2) is 4.98 Å². The molecule has 1 aromatic carbocycles. The highest BCUT2D eigenvalue weighted by Gasteiger charge is 2.21. The summed E-state index contributed by atoms with van der Waals surface area (Å²) < 4.78 is 11.5. The predicted octanol–water partition coefficient (Wildman–Crippen LogP) is 3.83. The molecule has 30 heavy (non-hydrogen) atoms. The maximum atomic E-state index is 12.7. The lowest BCUT2D eigenvalue weighted by molar-refractivity contribution is -0.0107. The van der Waals surface area contributed by atoms with E-state index < -0.39 is 0 Å². The molecule has 1 atom stereocenters. The smallest absolute Gasteiger partial charge is 0.190 e. The van der Waals surface area contributed by atoms with Crippen LogP contribution in [0.5, 0.6) is 5.75 Å². The van der Waals surface area contributed by atoms with Crippen molar-refractivity contribution in [3.8, 4) is 17.1 Å². The van der Waals surface area contributed by atoms with Crippen LogP contribution >= 0.6 is 22.9 Å². The summed E-state index contributed by atoms with van der Waals surface area (Å²) in [6.45, 7) is 6.80. The van der Waals surface area contributed by atoms with Crippen molar-refractivity contribution in [2.24, 2.45) is 0 Å². The van der Waals surface area contributed by atoms with Gasteiger partial charge in [-0.1, -0.05) is 11.6 Å². The number of aromatic amines is 1. The number of benzene rings is 1. The quantitative estimate of drug-likeness (QED) is 0.596. The lowest BCUT2D eigenvalue weighted by Gasteiger charge is -2.32. The van der Waals surface area contributed by atoms with Gasteiger partial charge in [0.15, 0.2) is 10.6 Å². The van der Waals surface area contributed by atoms with Crippen LogP contribution in [0.4, 0.5) is 5.13 Å². The van der Waals surface area contributed by atoms with E-state index in [1.165, 1.54) is 11.3 Å². The van der Waals surface area contributed by atoms with Gasteiger partial charge < -0.3 is 19.8 Å². The number of thiazole rings is 1. The second-order valence-electron chi connectivity index (χ2n) is 7.70. The number of H-pyrrole nitrogens is 1. The second kappa shape index (κ2) is 8.93. The second-order valence-corrected chi connectivity index (χ2v) is 8.94. The van der Waals surface area contributed by atoms with E-state index in [1.54, 1.807) is 18.2 Å². The molecule has 1 saturated heterocycles. The molecule has 9 heteroatoms. The van der Waals surface area contributed by atoms with Crippen molar-refractivity contribution in [1.82, 2.24) is 14.9 Å². The maximum absolute atomic E-state index is 12.7. The zero-order valence-electron chi connectivity index (χ0n) is 17.2. The number of morpholine rings is 1. The Hall–Kier alpha value is -2.13. The molecule has 1 aliphatic rings. The van der Waals surface area contributed by atoms with Crippen LogP contribution in [0, 0.1) is 0 Å². The fourth-order valence-corrected chi connectivity index (χ4v) is 4.45. The number of nitrogens with zero attached hydrogens (tertiary/aromatic N) is 2. The molecule has 0 unspecified atom stereocenters. The fourth-order valence-electron chi connectivity index (χ4n) is 3.32. The molecule has 0 radical (unpaired) electrons. The summed E-state index contributed by atoms with van der Waals surface area (Å²) >= 11 is 8.13. The van der Waals surface area contributed by atoms with Crippen LogP contribution in [0.1, 0.15) is 13.8 Å². The van der Waals surface area contributed by atoms with Gasteiger partial charge in [-0.15, -0.1) is 11.3 Å². The van der Waals surface area contributed by atoms with Gasteiger partial charge in [0.1, 0.15) is 17.4 Å². The van der Waals surface area contributed by atoms with Crippen molar-refractivity contribution >= 4 is 39.0 Å². The van der Waals surface area contributed by atoms with E-state index >= 15 is 0 Å². The molecule has 0 spiro atoms. The number of ether oxygens (including phenoxy) is 2. The Balaban J connectivity index is 1.63. The molecule has 3 heterocycles. The highest BCUT2D eigenvalue weighted by molar-refractivity contribution is 7.14. The SMILES string of the molecule is CC(C)Nc1nc(-c2cc(=O)c3ccc(OC[C@@H]4COCCN4C)c(Cl)c3[nH]2)cs1. The minimum absolute atomic E-state index is 0.112. The average Bonchev–Trinajstić information content (AvgIpc) is 3.16. The van der Waals surface area contributed by atoms with E-state index in [9.17, 15) is 4.79 Å². The van der Waals surface area contributed by atoms with Crippen molar-refractivity contribution in [3.05, 3.63) is 38.8 Å². The van der Waals surface area contributed by atoms with Crippen molar-refractivity contribution in [2.45, 2.75) is 25.9 Å². The van der Waals surface area contributed by atoms with Crippen LogP contribution in [-0.4, -0.2) is 60.4 Å². The highest BCUT2D eigenvalue weighted by atomic mass is 35.5. The summed E-state index contributed by atoms with van der Waals surface area (Å²) in [4.78, 5) is 22.7. The van der Waals surface area contributed by atoms with Gasteiger partial charge in [0, 0.05) is 29.4 Å². The molecule has 1 fully saturated rings. The number of aromatic nitrogens is 2. The predicted molar refractivity (Wildman–Crippen MR) is 122 cm³/mol. The summed E-state index contributed by atoms with van der Waals surface area (Å²) in [5, 5.41) is 6.90. The van der Waals surface area contributed by atoms with Crippen molar-refractivity contribution in [1.29, 1.82) is 0 Å². The maximum Gasteiger partial charge on any atom is 0.190 e. The first-order valence-electron chi connectivity index (χ1n) is 9.91. The van der Waals surface area contributed by atoms with Crippen LogP contribution in [-0.2, 0) is 4.74 Å². The molecular weight excluding hydrogens is 424 g/mol. The zero-order valence-corrected chi connectivity index (χ0v) is 18.8.